The number of hydrogen-bond donors (Lipinski definition) is 1. The van der Waals surface area contributed by atoms with E-state index in [9.17, 15) is 28.6 Å². The Bertz CT molecular complexity index is 1280. The first-order valence-corrected chi connectivity index (χ1v) is 13.0. The number of aromatic amines is 1. The molecular formula is C22H22F6N4O2S. The quantitative estimate of drug-likeness (QED) is 0.392. The number of hydrogen-bond acceptors (Lipinski definition) is 4. The molecule has 5 rings (SSSR count). The van der Waals surface area contributed by atoms with E-state index in [4.69, 9.17) is 4.74 Å². The van der Waals surface area contributed by atoms with E-state index in [1.807, 2.05) is 0 Å². The molecule has 2 saturated heterocycles. The van der Waals surface area contributed by atoms with Gasteiger partial charge in [0.25, 0.3) is 5.91 Å². The summed E-state index contributed by atoms with van der Waals surface area (Å²) in [6.45, 7) is 1.08. The lowest BCUT2D eigenvalue weighted by molar-refractivity contribution is 0.0712. The molecule has 1 atom stereocenters. The summed E-state index contributed by atoms with van der Waals surface area (Å²) >= 11 is 0. The zero-order valence-corrected chi connectivity index (χ0v) is 19.1. The summed E-state index contributed by atoms with van der Waals surface area (Å²) in [4.78, 5) is 23.8. The lowest BCUT2D eigenvalue weighted by Gasteiger charge is -2.40. The predicted octanol–water partition coefficient (Wildman–Crippen LogP) is 6.63. The number of rotatable bonds is 4. The van der Waals surface area contributed by atoms with Gasteiger partial charge in [0.2, 0.25) is 0 Å². The van der Waals surface area contributed by atoms with Gasteiger partial charge in [-0.3, -0.25) is 4.79 Å². The number of halogens is 6. The summed E-state index contributed by atoms with van der Waals surface area (Å²) < 4.78 is 85.1. The maximum Gasteiger partial charge on any atom is 0.310 e. The minimum absolute atomic E-state index is 0.124. The molecule has 35 heavy (non-hydrogen) atoms. The first-order valence-electron chi connectivity index (χ1n) is 11.1. The number of amides is 1. The molecule has 190 valence electrons. The van der Waals surface area contributed by atoms with Gasteiger partial charge in [0, 0.05) is 30.8 Å². The van der Waals surface area contributed by atoms with Gasteiger partial charge >= 0.3 is 10.2 Å². The fourth-order valence-electron chi connectivity index (χ4n) is 4.72. The molecule has 1 amide bonds. The van der Waals surface area contributed by atoms with Gasteiger partial charge in [-0.15, -0.1) is 0 Å². The van der Waals surface area contributed by atoms with E-state index >= 15 is 0 Å². The molecule has 0 aliphatic carbocycles. The fraction of sp³-hybridized carbons (Fsp3) is 0.409. The van der Waals surface area contributed by atoms with Crippen molar-refractivity contribution in [3.05, 3.63) is 53.2 Å². The number of ether oxygens (including phenoxy) is 1. The van der Waals surface area contributed by atoms with Crippen molar-refractivity contribution in [3.8, 4) is 0 Å². The van der Waals surface area contributed by atoms with Gasteiger partial charge < -0.3 is 14.6 Å². The third-order valence-electron chi connectivity index (χ3n) is 6.50. The van der Waals surface area contributed by atoms with Gasteiger partial charge in [0.05, 0.1) is 11.7 Å². The lowest BCUT2D eigenvalue weighted by Crippen LogP contribution is -2.38. The van der Waals surface area contributed by atoms with E-state index in [0.29, 0.717) is 42.0 Å². The van der Waals surface area contributed by atoms with E-state index in [-0.39, 0.29) is 42.8 Å². The summed E-state index contributed by atoms with van der Waals surface area (Å²) in [5.41, 5.74) is 1.18. The first kappa shape index (κ1) is 23.9. The van der Waals surface area contributed by atoms with Gasteiger partial charge in [-0.2, -0.15) is 0 Å². The topological polar surface area (TPSA) is 71.1 Å². The van der Waals surface area contributed by atoms with Crippen LogP contribution in [0.2, 0.25) is 0 Å². The zero-order chi connectivity index (χ0) is 25.1. The highest BCUT2D eigenvalue weighted by atomic mass is 32.5. The molecule has 0 bridgehead atoms. The van der Waals surface area contributed by atoms with Gasteiger partial charge in [-0.05, 0) is 55.9 Å². The second-order valence-corrected chi connectivity index (χ2v) is 11.3. The Balaban J connectivity index is 1.32. The van der Waals surface area contributed by atoms with E-state index < -0.39 is 26.8 Å². The lowest BCUT2D eigenvalue weighted by atomic mass is 9.88. The van der Waals surface area contributed by atoms with Crippen LogP contribution in [-0.2, 0) is 4.74 Å². The molecule has 2 fully saturated rings. The molecule has 0 unspecified atom stereocenters. The Morgan fingerprint density at radius 2 is 1.74 bits per heavy atom. The highest BCUT2D eigenvalue weighted by Crippen LogP contribution is 3.02. The number of H-pyrrole nitrogens is 1. The van der Waals surface area contributed by atoms with Crippen molar-refractivity contribution in [2.24, 2.45) is 0 Å². The van der Waals surface area contributed by atoms with Crippen molar-refractivity contribution in [2.75, 3.05) is 19.7 Å². The molecule has 13 heteroatoms. The third-order valence-corrected chi connectivity index (χ3v) is 7.66. The van der Waals surface area contributed by atoms with Crippen molar-refractivity contribution < 1.29 is 33.4 Å². The second-order valence-electron chi connectivity index (χ2n) is 8.90. The molecular weight excluding hydrogens is 498 g/mol. The smallest absolute Gasteiger partial charge is 0.310 e. The van der Waals surface area contributed by atoms with Crippen LogP contribution in [0, 0.1) is 5.82 Å². The number of imidazole rings is 1. The van der Waals surface area contributed by atoms with E-state index in [2.05, 4.69) is 15.0 Å². The minimum atomic E-state index is -9.80. The Kier molecular flexibility index (Phi) is 5.19. The molecule has 1 aromatic carbocycles. The number of nitrogens with one attached hydrogen (secondary N) is 1. The van der Waals surface area contributed by atoms with Crippen LogP contribution in [-0.4, -0.2) is 45.5 Å². The zero-order valence-electron chi connectivity index (χ0n) is 18.3. The van der Waals surface area contributed by atoms with Gasteiger partial charge in [0.1, 0.15) is 22.6 Å². The highest BCUT2D eigenvalue weighted by molar-refractivity contribution is 8.45. The summed E-state index contributed by atoms with van der Waals surface area (Å²) in [6, 6.07) is 1.97. The molecule has 0 radical (unpaired) electrons. The number of fused-ring (bicyclic) bond motifs is 1. The first-order chi connectivity index (χ1) is 16.3. The Labute approximate surface area is 196 Å². The molecule has 0 spiro atoms. The predicted molar refractivity (Wildman–Crippen MR) is 117 cm³/mol. The average molecular weight is 520 g/mol. The Hall–Kier alpha value is -2.80. The fourth-order valence-corrected chi connectivity index (χ4v) is 5.37. The molecule has 0 saturated carbocycles. The highest BCUT2D eigenvalue weighted by Gasteiger charge is 2.65. The molecule has 4 heterocycles. The van der Waals surface area contributed by atoms with Crippen LogP contribution in [0.1, 0.15) is 59.5 Å². The van der Waals surface area contributed by atoms with Gasteiger partial charge in [-0.25, -0.2) is 14.4 Å². The normalized spacial score (nSPS) is 21.8. The number of carbonyl (C=O) groups is 1. The van der Waals surface area contributed by atoms with Crippen LogP contribution in [0.4, 0.5) is 23.8 Å². The average Bonchev–Trinajstić information content (AvgIpc) is 3.47. The molecule has 2 aliphatic heterocycles. The van der Waals surface area contributed by atoms with Crippen LogP contribution < -0.4 is 0 Å². The number of pyridine rings is 1. The monoisotopic (exact) mass is 520 g/mol. The van der Waals surface area contributed by atoms with Gasteiger partial charge in [-0.1, -0.05) is 19.4 Å². The molecule has 2 aromatic heterocycles. The van der Waals surface area contributed by atoms with Crippen molar-refractivity contribution in [3.63, 3.8) is 0 Å². The second kappa shape index (κ2) is 7.60. The molecule has 6 nitrogen and oxygen atoms in total. The maximum absolute atomic E-state index is 14.8. The summed E-state index contributed by atoms with van der Waals surface area (Å²) in [5.74, 6) is -0.701. The largest absolute Gasteiger partial charge is 0.370 e. The van der Waals surface area contributed by atoms with E-state index in [1.54, 1.807) is 0 Å². The standard InChI is InChI=1S/C22H22F6N4O2S/c23-16-12-29-21-19(30-20(31-21)17-2-1-11-34-17)18(16)13-7-9-32(10-8-13)22(33)14-3-5-15(6-4-14)35(24,25,26,27)28/h3-6,12-13,17H,1-2,7-11H2,(H,29,30,31)/t17-/m0/s1. The number of nitrogens with zero attached hydrogens (tertiary/aromatic N) is 3. The van der Waals surface area contributed by atoms with Crippen molar-refractivity contribution in [2.45, 2.75) is 42.6 Å². The summed E-state index contributed by atoms with van der Waals surface area (Å²) in [5, 5.41) is 0. The summed E-state index contributed by atoms with van der Waals surface area (Å²) in [6.07, 6.45) is 3.45. The van der Waals surface area contributed by atoms with Gasteiger partial charge in [0.15, 0.2) is 5.65 Å². The van der Waals surface area contributed by atoms with Crippen LogP contribution >= 0.6 is 10.2 Å². The number of aromatic nitrogens is 3. The van der Waals surface area contributed by atoms with Crippen LogP contribution in [0.5, 0.6) is 0 Å². The number of likely N-dealkylation sites (tertiary alicyclic amines) is 1. The number of benzene rings is 1. The number of piperidine rings is 1. The molecule has 1 N–H and O–H groups in total. The Morgan fingerprint density at radius 1 is 1.06 bits per heavy atom. The minimum Gasteiger partial charge on any atom is -0.370 e. The third kappa shape index (κ3) is 4.70. The van der Waals surface area contributed by atoms with Crippen molar-refractivity contribution >= 4 is 27.3 Å². The SMILES string of the molecule is O=C(c1ccc(S(F)(F)(F)(F)F)cc1)N1CCC(c2c(F)cnc3nc([C@@H]4CCCO4)[nH]c23)CC1. The van der Waals surface area contributed by atoms with Crippen molar-refractivity contribution in [1.29, 1.82) is 0 Å². The Morgan fingerprint density at radius 3 is 2.34 bits per heavy atom. The van der Waals surface area contributed by atoms with Crippen LogP contribution in [0.15, 0.2) is 35.4 Å². The maximum atomic E-state index is 14.8. The van der Waals surface area contributed by atoms with Crippen molar-refractivity contribution in [1.82, 2.24) is 19.9 Å². The molecule has 2 aliphatic rings. The summed E-state index contributed by atoms with van der Waals surface area (Å²) in [7, 11) is -9.80. The number of carbonyl (C=O) groups excluding carboxylic acids is 1. The molecule has 3 aromatic rings. The van der Waals surface area contributed by atoms with Crippen LogP contribution in [0.25, 0.3) is 11.2 Å². The van der Waals surface area contributed by atoms with Crippen LogP contribution in [0.3, 0.4) is 0 Å². The van der Waals surface area contributed by atoms with E-state index in [0.717, 1.165) is 31.2 Å². The van der Waals surface area contributed by atoms with E-state index in [1.165, 1.54) is 4.90 Å².